The molecule has 15 nitrogen and oxygen atoms in total. The van der Waals surface area contributed by atoms with E-state index < -0.39 is 74.5 Å². The Morgan fingerprint density at radius 1 is 1.05 bits per heavy atom. The van der Waals surface area contributed by atoms with Gasteiger partial charge in [-0.25, -0.2) is 22.6 Å². The van der Waals surface area contributed by atoms with Crippen LogP contribution >= 0.6 is 0 Å². The van der Waals surface area contributed by atoms with Gasteiger partial charge in [-0.2, -0.15) is 0 Å². The summed E-state index contributed by atoms with van der Waals surface area (Å²) in [7, 11) is -1.22. The minimum Gasteiger partial charge on any atom is -0.497 e. The molecule has 2 saturated carbocycles. The summed E-state index contributed by atoms with van der Waals surface area (Å²) in [5.74, 6) is -2.35. The van der Waals surface area contributed by atoms with Crippen molar-refractivity contribution in [2.45, 2.75) is 86.8 Å². The molecule has 5 atom stereocenters. The van der Waals surface area contributed by atoms with Crippen molar-refractivity contribution in [2.75, 3.05) is 20.8 Å². The molecule has 2 aliphatic carbocycles. The number of hydrogen-bond donors (Lipinski definition) is 3. The lowest BCUT2D eigenvalue weighted by molar-refractivity contribution is -0.141. The lowest BCUT2D eigenvalue weighted by atomic mass is 10.1. The van der Waals surface area contributed by atoms with Crippen LogP contribution in [0.5, 0.6) is 11.5 Å². The van der Waals surface area contributed by atoms with E-state index in [9.17, 15) is 27.6 Å². The summed E-state index contributed by atoms with van der Waals surface area (Å²) in [5, 5.41) is 5.40. The smallest absolute Gasteiger partial charge is 0.407 e. The summed E-state index contributed by atoms with van der Waals surface area (Å²) >= 11 is 0. The van der Waals surface area contributed by atoms with Gasteiger partial charge in [0, 0.05) is 24.0 Å². The van der Waals surface area contributed by atoms with Crippen LogP contribution in [0.15, 0.2) is 65.1 Å². The number of alkyl carbamates (subject to hydrolysis) is 1. The molecule has 3 N–H and O–H groups in total. The standard InChI is InChI=1S/C41H44FN5O10S/c1-54-24-14-17-33-28(18-24)35-36(57-33)34(20-31(43-35)27-11-8-9-12-29(27)42)56-25-19-32-37(48)45-41(39(50)46-58(52,53)26-15-16-26)21-23(41)10-6-4-3-5-7-13-30(44-40(51)55-2)38(49)47(32)22-25/h6,8-12,14,17-18,20,23,25-26,30,32H,3-5,7,13,15-16,19,21-22H2,1-2H3,(H,44,51)(H,45,48)(H,46,50)/b10-6-/t23-,25+,30-,32-,41+/m0/s1. The highest BCUT2D eigenvalue weighted by Gasteiger charge is 2.62. The highest BCUT2D eigenvalue weighted by Crippen LogP contribution is 2.46. The van der Waals surface area contributed by atoms with E-state index >= 15 is 4.39 Å². The van der Waals surface area contributed by atoms with Crippen LogP contribution in [-0.2, 0) is 29.1 Å². The van der Waals surface area contributed by atoms with Crippen molar-refractivity contribution < 1.29 is 50.6 Å². The van der Waals surface area contributed by atoms with Crippen LogP contribution in [0.2, 0.25) is 0 Å². The fourth-order valence-corrected chi connectivity index (χ4v) is 9.30. The number of nitrogens with zero attached hydrogens (tertiary/aromatic N) is 2. The zero-order valence-corrected chi connectivity index (χ0v) is 32.8. The normalized spacial score (nSPS) is 25.7. The third-order valence-electron chi connectivity index (χ3n) is 11.4. The molecule has 1 saturated heterocycles. The Hall–Kier alpha value is -5.71. The van der Waals surface area contributed by atoms with Crippen LogP contribution in [0.1, 0.15) is 57.8 Å². The molecule has 58 heavy (non-hydrogen) atoms. The van der Waals surface area contributed by atoms with E-state index in [-0.39, 0.29) is 48.4 Å². The third-order valence-corrected chi connectivity index (χ3v) is 13.2. The summed E-state index contributed by atoms with van der Waals surface area (Å²) in [6, 6.07) is 10.6. The van der Waals surface area contributed by atoms with Crippen LogP contribution in [0.3, 0.4) is 0 Å². The Morgan fingerprint density at radius 3 is 2.62 bits per heavy atom. The Bertz CT molecular complexity index is 2430. The maximum Gasteiger partial charge on any atom is 0.407 e. The monoisotopic (exact) mass is 817 g/mol. The number of allylic oxidation sites excluding steroid dienone is 1. The molecule has 0 radical (unpaired) electrons. The van der Waals surface area contributed by atoms with Crippen molar-refractivity contribution in [3.8, 4) is 22.8 Å². The van der Waals surface area contributed by atoms with Crippen LogP contribution < -0.4 is 24.8 Å². The number of pyridine rings is 1. The van der Waals surface area contributed by atoms with Crippen molar-refractivity contribution >= 4 is 55.9 Å². The van der Waals surface area contributed by atoms with Gasteiger partial charge in [0.1, 0.15) is 46.4 Å². The number of furan rings is 1. The molecule has 2 aliphatic heterocycles. The minimum absolute atomic E-state index is 0.0615. The topological polar surface area (TPSA) is 195 Å². The average Bonchev–Trinajstić information content (AvgIpc) is 4.11. The second-order valence-electron chi connectivity index (χ2n) is 15.3. The summed E-state index contributed by atoms with van der Waals surface area (Å²) in [5.41, 5.74) is -0.0304. The largest absolute Gasteiger partial charge is 0.497 e. The second kappa shape index (κ2) is 15.6. The number of amides is 4. The van der Waals surface area contributed by atoms with Gasteiger partial charge in [-0.1, -0.05) is 37.1 Å². The molecule has 17 heteroatoms. The molecule has 0 bridgehead atoms. The first-order chi connectivity index (χ1) is 27.9. The van der Waals surface area contributed by atoms with Crippen molar-refractivity contribution in [3.05, 3.63) is 66.5 Å². The van der Waals surface area contributed by atoms with E-state index in [2.05, 4.69) is 15.4 Å². The second-order valence-corrected chi connectivity index (χ2v) is 17.3. The summed E-state index contributed by atoms with van der Waals surface area (Å²) in [6.45, 7) is -0.123. The van der Waals surface area contributed by atoms with E-state index in [1.165, 1.54) is 25.2 Å². The molecular weight excluding hydrogens is 774 g/mol. The Kier molecular flexibility index (Phi) is 10.5. The third kappa shape index (κ3) is 7.66. The molecule has 4 aliphatic rings. The molecule has 3 fully saturated rings. The number of ether oxygens (including phenoxy) is 3. The van der Waals surface area contributed by atoms with Crippen molar-refractivity contribution in [1.82, 2.24) is 25.2 Å². The van der Waals surface area contributed by atoms with Crippen molar-refractivity contribution in [3.63, 3.8) is 0 Å². The zero-order chi connectivity index (χ0) is 40.8. The summed E-state index contributed by atoms with van der Waals surface area (Å²) < 4.78 is 66.3. The van der Waals surface area contributed by atoms with Crippen LogP contribution in [-0.4, -0.2) is 91.9 Å². The number of hydrogen-bond acceptors (Lipinski definition) is 11. The highest BCUT2D eigenvalue weighted by atomic mass is 32.2. The average molecular weight is 818 g/mol. The molecule has 0 spiro atoms. The minimum atomic E-state index is -3.94. The molecule has 4 aromatic rings. The van der Waals surface area contributed by atoms with Gasteiger partial charge in [-0.15, -0.1) is 0 Å². The lowest BCUT2D eigenvalue weighted by Gasteiger charge is -2.29. The first-order valence-corrected chi connectivity index (χ1v) is 21.0. The van der Waals surface area contributed by atoms with E-state index in [1.54, 1.807) is 42.5 Å². The number of halogens is 1. The number of carbonyl (C=O) groups is 4. The van der Waals surface area contributed by atoms with Gasteiger partial charge in [0.25, 0.3) is 5.91 Å². The fourth-order valence-electron chi connectivity index (χ4n) is 7.93. The number of aromatic nitrogens is 1. The van der Waals surface area contributed by atoms with Gasteiger partial charge in [-0.05, 0) is 68.9 Å². The quantitative estimate of drug-likeness (QED) is 0.205. The Balaban J connectivity index is 1.16. The number of sulfonamides is 1. The maximum absolute atomic E-state index is 15.2. The predicted molar refractivity (Wildman–Crippen MR) is 209 cm³/mol. The van der Waals surface area contributed by atoms with Gasteiger partial charge in [0.05, 0.1) is 37.1 Å². The first kappa shape index (κ1) is 39.1. The first-order valence-electron chi connectivity index (χ1n) is 19.4. The molecule has 4 heterocycles. The van der Waals surface area contributed by atoms with E-state index in [1.807, 2.05) is 12.2 Å². The molecule has 2 aromatic heterocycles. The molecule has 306 valence electrons. The SMILES string of the molecule is COC(=O)N[C@H]1CCCCC/C=C\[C@H]2C[C@@]2(C(=O)NS(=O)(=O)C2CC2)NC(=O)[C@@H]2C[C@@H](Oc3cc(-c4ccccc4F)nc4c3oc3ccc(OC)cc34)CN2C1=O. The highest BCUT2D eigenvalue weighted by molar-refractivity contribution is 7.91. The number of carbonyl (C=O) groups excluding carboxylic acids is 4. The van der Waals surface area contributed by atoms with E-state index in [4.69, 9.17) is 23.6 Å². The number of fused-ring (bicyclic) bond motifs is 5. The van der Waals surface area contributed by atoms with E-state index in [0.29, 0.717) is 47.9 Å². The lowest BCUT2D eigenvalue weighted by Crippen LogP contribution is -2.58. The number of nitrogens with one attached hydrogen (secondary N) is 3. The zero-order valence-electron chi connectivity index (χ0n) is 32.0. The molecular formula is C41H44FN5O10S. The van der Waals surface area contributed by atoms with Crippen molar-refractivity contribution in [1.29, 1.82) is 0 Å². The van der Waals surface area contributed by atoms with Crippen LogP contribution in [0.4, 0.5) is 9.18 Å². The fraction of sp³-hybridized carbons (Fsp3) is 0.439. The van der Waals surface area contributed by atoms with Gasteiger partial charge in [0.15, 0.2) is 11.3 Å². The summed E-state index contributed by atoms with van der Waals surface area (Å²) in [4.78, 5) is 61.3. The van der Waals surface area contributed by atoms with Gasteiger partial charge < -0.3 is 34.2 Å². The predicted octanol–water partition coefficient (Wildman–Crippen LogP) is 4.87. The molecule has 2 aromatic carbocycles. The van der Waals surface area contributed by atoms with Crippen LogP contribution in [0.25, 0.3) is 33.3 Å². The number of methoxy groups -OCH3 is 2. The van der Waals surface area contributed by atoms with E-state index in [0.717, 1.165) is 12.8 Å². The maximum atomic E-state index is 15.2. The Labute approximate surface area is 333 Å². The van der Waals surface area contributed by atoms with Gasteiger partial charge >= 0.3 is 6.09 Å². The molecule has 8 rings (SSSR count). The summed E-state index contributed by atoms with van der Waals surface area (Å²) in [6.07, 6.45) is 6.07. The van der Waals surface area contributed by atoms with Crippen LogP contribution in [0, 0.1) is 11.7 Å². The van der Waals surface area contributed by atoms with Gasteiger partial charge in [0.2, 0.25) is 21.8 Å². The molecule has 4 amide bonds. The van der Waals surface area contributed by atoms with Crippen molar-refractivity contribution in [2.24, 2.45) is 5.92 Å². The molecule has 0 unspecified atom stereocenters. The van der Waals surface area contributed by atoms with Gasteiger partial charge in [-0.3, -0.25) is 19.1 Å². The number of benzene rings is 2. The number of rotatable bonds is 8. The Morgan fingerprint density at radius 2 is 1.86 bits per heavy atom.